The number of hydrogen-bond acceptors (Lipinski definition) is 2. The molecule has 2 N–H and O–H groups in total. The Kier molecular flexibility index (Phi) is 5.62. The van der Waals surface area contributed by atoms with Gasteiger partial charge < -0.3 is 0 Å². The van der Waals surface area contributed by atoms with E-state index in [9.17, 15) is 8.42 Å². The van der Waals surface area contributed by atoms with E-state index in [1.54, 1.807) is 0 Å². The summed E-state index contributed by atoms with van der Waals surface area (Å²) in [4.78, 5) is 0. The lowest BCUT2D eigenvalue weighted by atomic mass is 9.69. The third-order valence-electron chi connectivity index (χ3n) is 4.60. The summed E-state index contributed by atoms with van der Waals surface area (Å²) in [5.41, 5.74) is 0.273. The number of nitrogens with two attached hydrogens (primary N) is 1. The summed E-state index contributed by atoms with van der Waals surface area (Å²) in [6, 6.07) is 0. The molecule has 18 heavy (non-hydrogen) atoms. The largest absolute Gasteiger partial charge is 0.276 e. The van der Waals surface area contributed by atoms with E-state index in [1.165, 1.54) is 36.4 Å². The second-order valence-corrected chi connectivity index (χ2v) is 7.42. The molecule has 0 aliphatic carbocycles. The zero-order valence-electron chi connectivity index (χ0n) is 12.0. The topological polar surface area (TPSA) is 63.4 Å². The molecule has 1 atom stereocenters. The molecule has 0 amide bonds. The third-order valence-corrected chi connectivity index (χ3v) is 5.62. The number of hydrogen-bond donors (Lipinski definition) is 1. The first kappa shape index (κ1) is 15.9. The lowest BCUT2D eigenvalue weighted by Gasteiger charge is -2.47. The van der Waals surface area contributed by atoms with E-state index in [1.807, 2.05) is 0 Å². The Labute approximate surface area is 112 Å². The van der Waals surface area contributed by atoms with Gasteiger partial charge in [-0.05, 0) is 17.8 Å². The summed E-state index contributed by atoms with van der Waals surface area (Å²) in [5.74, 6) is 0.474. The van der Waals surface area contributed by atoms with Gasteiger partial charge in [-0.15, -0.1) is 0 Å². The van der Waals surface area contributed by atoms with Crippen LogP contribution in [0.25, 0.3) is 0 Å². The van der Waals surface area contributed by atoms with Crippen molar-refractivity contribution in [2.45, 2.75) is 59.3 Å². The molecule has 1 heterocycles. The van der Waals surface area contributed by atoms with Crippen molar-refractivity contribution >= 4 is 10.2 Å². The average molecular weight is 276 g/mol. The van der Waals surface area contributed by atoms with Crippen molar-refractivity contribution in [2.24, 2.45) is 16.5 Å². The van der Waals surface area contributed by atoms with Crippen LogP contribution in [0.4, 0.5) is 0 Å². The van der Waals surface area contributed by atoms with Crippen LogP contribution in [0.2, 0.25) is 0 Å². The zero-order valence-corrected chi connectivity index (χ0v) is 12.8. The van der Waals surface area contributed by atoms with Gasteiger partial charge in [-0.25, -0.2) is 5.14 Å². The van der Waals surface area contributed by atoms with Crippen molar-refractivity contribution in [2.75, 3.05) is 13.1 Å². The van der Waals surface area contributed by atoms with Crippen LogP contribution in [0.1, 0.15) is 59.3 Å². The molecule has 1 fully saturated rings. The number of rotatable bonds is 8. The predicted octanol–water partition coefficient (Wildman–Crippen LogP) is 2.51. The zero-order chi connectivity index (χ0) is 13.8. The minimum absolute atomic E-state index is 0.273. The first-order valence-corrected chi connectivity index (χ1v) is 8.61. The molecular weight excluding hydrogens is 248 g/mol. The molecule has 1 saturated heterocycles. The number of unbranched alkanes of at least 4 members (excludes halogenated alkanes) is 3. The molecule has 108 valence electrons. The average Bonchev–Trinajstić information content (AvgIpc) is 2.20. The molecule has 0 saturated carbocycles. The minimum Gasteiger partial charge on any atom is -0.216 e. The molecule has 0 radical (unpaired) electrons. The molecular formula is C13H28N2O2S. The van der Waals surface area contributed by atoms with E-state index in [4.69, 9.17) is 5.14 Å². The van der Waals surface area contributed by atoms with Crippen LogP contribution >= 0.6 is 0 Å². The number of nitrogens with zero attached hydrogens (tertiary/aromatic N) is 1. The molecule has 4 nitrogen and oxygen atoms in total. The fourth-order valence-electron chi connectivity index (χ4n) is 2.71. The van der Waals surface area contributed by atoms with Crippen LogP contribution in [0.15, 0.2) is 0 Å². The summed E-state index contributed by atoms with van der Waals surface area (Å²) >= 11 is 0. The van der Waals surface area contributed by atoms with Gasteiger partial charge in [-0.2, -0.15) is 12.7 Å². The summed E-state index contributed by atoms with van der Waals surface area (Å²) in [6.45, 7) is 7.94. The Balaban J connectivity index is 2.42. The summed E-state index contributed by atoms with van der Waals surface area (Å²) < 4.78 is 23.7. The SMILES string of the molecule is CCCCCCC(C)(CC)C1CN(S(N)(=O)=O)C1. The molecule has 5 heteroatoms. The predicted molar refractivity (Wildman–Crippen MR) is 75.3 cm³/mol. The van der Waals surface area contributed by atoms with Gasteiger partial charge >= 0.3 is 0 Å². The van der Waals surface area contributed by atoms with Crippen molar-refractivity contribution in [1.82, 2.24) is 4.31 Å². The van der Waals surface area contributed by atoms with Crippen LogP contribution in [0.3, 0.4) is 0 Å². The maximum absolute atomic E-state index is 11.2. The Morgan fingerprint density at radius 3 is 2.28 bits per heavy atom. The first-order valence-electron chi connectivity index (χ1n) is 7.11. The highest BCUT2D eigenvalue weighted by Crippen LogP contribution is 2.42. The van der Waals surface area contributed by atoms with E-state index in [0.29, 0.717) is 19.0 Å². The van der Waals surface area contributed by atoms with Crippen molar-refractivity contribution in [3.05, 3.63) is 0 Å². The summed E-state index contributed by atoms with van der Waals surface area (Å²) in [7, 11) is -3.46. The molecule has 0 bridgehead atoms. The Hall–Kier alpha value is -0.130. The fourth-order valence-corrected chi connectivity index (χ4v) is 3.49. The van der Waals surface area contributed by atoms with Crippen LogP contribution in [0.5, 0.6) is 0 Å². The highest BCUT2D eigenvalue weighted by atomic mass is 32.2. The molecule has 0 aromatic carbocycles. The molecule has 0 aromatic heterocycles. The summed E-state index contributed by atoms with van der Waals surface area (Å²) in [5, 5.41) is 5.13. The maximum Gasteiger partial charge on any atom is 0.276 e. The lowest BCUT2D eigenvalue weighted by molar-refractivity contribution is 0.0474. The van der Waals surface area contributed by atoms with Crippen molar-refractivity contribution in [3.8, 4) is 0 Å². The van der Waals surface area contributed by atoms with Gasteiger partial charge in [0.2, 0.25) is 0 Å². The molecule has 1 aliphatic rings. The van der Waals surface area contributed by atoms with Gasteiger partial charge in [0.25, 0.3) is 10.2 Å². The van der Waals surface area contributed by atoms with E-state index < -0.39 is 10.2 Å². The van der Waals surface area contributed by atoms with Gasteiger partial charge in [-0.3, -0.25) is 0 Å². The van der Waals surface area contributed by atoms with Gasteiger partial charge in [-0.1, -0.05) is 52.9 Å². The van der Waals surface area contributed by atoms with Crippen LogP contribution in [-0.2, 0) is 10.2 Å². The Morgan fingerprint density at radius 1 is 1.22 bits per heavy atom. The van der Waals surface area contributed by atoms with Crippen LogP contribution in [-0.4, -0.2) is 25.8 Å². The van der Waals surface area contributed by atoms with Crippen molar-refractivity contribution in [1.29, 1.82) is 0 Å². The molecule has 1 aliphatic heterocycles. The third kappa shape index (κ3) is 3.93. The van der Waals surface area contributed by atoms with Gasteiger partial charge in [0.15, 0.2) is 0 Å². The van der Waals surface area contributed by atoms with Gasteiger partial charge in [0.1, 0.15) is 0 Å². The standard InChI is InChI=1S/C13H28N2O2S/c1-4-6-7-8-9-13(3,5-2)12-10-15(11-12)18(14,16)17/h12H,4-11H2,1-3H3,(H2,14,16,17). The van der Waals surface area contributed by atoms with Crippen LogP contribution < -0.4 is 5.14 Å². The van der Waals surface area contributed by atoms with Crippen molar-refractivity contribution < 1.29 is 8.42 Å². The molecule has 0 spiro atoms. The van der Waals surface area contributed by atoms with E-state index in [2.05, 4.69) is 20.8 Å². The van der Waals surface area contributed by atoms with Gasteiger partial charge in [0, 0.05) is 13.1 Å². The van der Waals surface area contributed by atoms with E-state index in [-0.39, 0.29) is 5.41 Å². The highest BCUT2D eigenvalue weighted by Gasteiger charge is 2.43. The quantitative estimate of drug-likeness (QED) is 0.692. The molecule has 0 aromatic rings. The normalized spacial score (nSPS) is 21.6. The molecule has 1 rings (SSSR count). The smallest absolute Gasteiger partial charge is 0.216 e. The maximum atomic E-state index is 11.2. The Morgan fingerprint density at radius 2 is 1.83 bits per heavy atom. The summed E-state index contributed by atoms with van der Waals surface area (Å²) in [6.07, 6.45) is 7.41. The minimum atomic E-state index is -3.46. The monoisotopic (exact) mass is 276 g/mol. The first-order chi connectivity index (χ1) is 8.33. The lowest BCUT2D eigenvalue weighted by Crippen LogP contribution is -2.57. The fraction of sp³-hybridized carbons (Fsp3) is 1.00. The van der Waals surface area contributed by atoms with E-state index in [0.717, 1.165) is 6.42 Å². The second kappa shape index (κ2) is 6.35. The van der Waals surface area contributed by atoms with Gasteiger partial charge in [0.05, 0.1) is 0 Å². The van der Waals surface area contributed by atoms with Crippen LogP contribution in [0, 0.1) is 11.3 Å². The Bertz CT molecular complexity index is 350. The molecule has 1 unspecified atom stereocenters. The second-order valence-electron chi connectivity index (χ2n) is 5.88. The highest BCUT2D eigenvalue weighted by molar-refractivity contribution is 7.86. The van der Waals surface area contributed by atoms with Crippen molar-refractivity contribution in [3.63, 3.8) is 0 Å². The van der Waals surface area contributed by atoms with E-state index >= 15 is 0 Å².